The summed E-state index contributed by atoms with van der Waals surface area (Å²) in [6.45, 7) is 2.88. The first-order valence-corrected chi connectivity index (χ1v) is 12.4. The molecular formula is C22H32N2O4S. The molecule has 3 rings (SSSR count). The Morgan fingerprint density at radius 2 is 1.72 bits per heavy atom. The van der Waals surface area contributed by atoms with Crippen LogP contribution < -0.4 is 5.32 Å². The number of carbonyl (C=O) groups is 2. The Balaban J connectivity index is 1.51. The van der Waals surface area contributed by atoms with E-state index in [1.807, 2.05) is 6.92 Å². The topological polar surface area (TPSA) is 83.6 Å². The van der Waals surface area contributed by atoms with Crippen molar-refractivity contribution in [1.29, 1.82) is 0 Å². The summed E-state index contributed by atoms with van der Waals surface area (Å²) in [7, 11) is -3.49. The standard InChI is InChI=1S/C22H32N2O4S/c1-17-9-11-20(12-10-17)29(27,28)15-13-21(25)24-14-5-6-18(16-24)22(26)23-19-7-3-2-4-8-19/h9-12,18-19H,2-8,13-16H2,1H3,(H,23,26). The fraction of sp³-hybridized carbons (Fsp3) is 0.636. The number of amides is 2. The maximum atomic E-state index is 12.6. The molecule has 2 fully saturated rings. The van der Waals surface area contributed by atoms with Crippen molar-refractivity contribution in [2.45, 2.75) is 69.2 Å². The van der Waals surface area contributed by atoms with Gasteiger partial charge in [-0.2, -0.15) is 0 Å². The van der Waals surface area contributed by atoms with Crippen molar-refractivity contribution in [2.24, 2.45) is 5.92 Å². The summed E-state index contributed by atoms with van der Waals surface area (Å²) >= 11 is 0. The molecule has 29 heavy (non-hydrogen) atoms. The van der Waals surface area contributed by atoms with Crippen LogP contribution in [0, 0.1) is 12.8 Å². The lowest BCUT2D eigenvalue weighted by Crippen LogP contribution is -2.48. The summed E-state index contributed by atoms with van der Waals surface area (Å²) < 4.78 is 25.0. The first-order valence-electron chi connectivity index (χ1n) is 10.7. The molecule has 2 amide bonds. The van der Waals surface area contributed by atoms with Crippen LogP contribution in [0.4, 0.5) is 0 Å². The second-order valence-corrected chi connectivity index (χ2v) is 10.5. The predicted molar refractivity (Wildman–Crippen MR) is 112 cm³/mol. The number of hydrogen-bond donors (Lipinski definition) is 1. The number of nitrogens with one attached hydrogen (secondary N) is 1. The smallest absolute Gasteiger partial charge is 0.225 e. The van der Waals surface area contributed by atoms with E-state index in [1.165, 1.54) is 6.42 Å². The number of likely N-dealkylation sites (tertiary alicyclic amines) is 1. The zero-order valence-corrected chi connectivity index (χ0v) is 18.0. The van der Waals surface area contributed by atoms with E-state index in [-0.39, 0.29) is 40.8 Å². The van der Waals surface area contributed by atoms with E-state index in [0.717, 1.165) is 44.1 Å². The third-order valence-corrected chi connectivity index (χ3v) is 7.79. The Kier molecular flexibility index (Phi) is 7.33. The van der Waals surface area contributed by atoms with Gasteiger partial charge >= 0.3 is 0 Å². The summed E-state index contributed by atoms with van der Waals surface area (Å²) in [6, 6.07) is 6.95. The Hall–Kier alpha value is -1.89. The SMILES string of the molecule is Cc1ccc(S(=O)(=O)CCC(=O)N2CCCC(C(=O)NC3CCCCC3)C2)cc1. The Morgan fingerprint density at radius 3 is 2.41 bits per heavy atom. The molecular weight excluding hydrogens is 388 g/mol. The monoisotopic (exact) mass is 420 g/mol. The molecule has 160 valence electrons. The molecule has 1 aliphatic carbocycles. The van der Waals surface area contributed by atoms with Crippen molar-refractivity contribution in [3.63, 3.8) is 0 Å². The average molecular weight is 421 g/mol. The second-order valence-electron chi connectivity index (χ2n) is 8.40. The molecule has 2 aliphatic rings. The third-order valence-electron chi connectivity index (χ3n) is 6.06. The fourth-order valence-electron chi connectivity index (χ4n) is 4.23. The van der Waals surface area contributed by atoms with Crippen LogP contribution in [-0.4, -0.2) is 50.0 Å². The third kappa shape index (κ3) is 6.04. The maximum Gasteiger partial charge on any atom is 0.225 e. The van der Waals surface area contributed by atoms with E-state index in [9.17, 15) is 18.0 Å². The van der Waals surface area contributed by atoms with Crippen LogP contribution in [0.15, 0.2) is 29.2 Å². The molecule has 0 aromatic heterocycles. The molecule has 1 unspecified atom stereocenters. The van der Waals surface area contributed by atoms with E-state index in [1.54, 1.807) is 29.2 Å². The van der Waals surface area contributed by atoms with E-state index in [2.05, 4.69) is 5.32 Å². The second kappa shape index (κ2) is 9.74. The first kappa shape index (κ1) is 21.8. The minimum Gasteiger partial charge on any atom is -0.353 e. The summed E-state index contributed by atoms with van der Waals surface area (Å²) in [5, 5.41) is 3.16. The van der Waals surface area contributed by atoms with Gasteiger partial charge in [-0.25, -0.2) is 8.42 Å². The van der Waals surface area contributed by atoms with Crippen LogP contribution in [0.25, 0.3) is 0 Å². The summed E-state index contributed by atoms with van der Waals surface area (Å²) in [4.78, 5) is 27.2. The van der Waals surface area contributed by atoms with Gasteiger partial charge in [-0.3, -0.25) is 9.59 Å². The summed E-state index contributed by atoms with van der Waals surface area (Å²) in [5.74, 6) is -0.537. The quantitative estimate of drug-likeness (QED) is 0.767. The van der Waals surface area contributed by atoms with Crippen LogP contribution in [0.5, 0.6) is 0 Å². The van der Waals surface area contributed by atoms with Crippen molar-refractivity contribution in [3.8, 4) is 0 Å². The molecule has 1 saturated heterocycles. The van der Waals surface area contributed by atoms with Crippen molar-refractivity contribution >= 4 is 21.7 Å². The summed E-state index contributed by atoms with van der Waals surface area (Å²) in [5.41, 5.74) is 0.992. The molecule has 1 saturated carbocycles. The zero-order valence-electron chi connectivity index (χ0n) is 17.2. The number of rotatable bonds is 6. The van der Waals surface area contributed by atoms with Crippen LogP contribution in [0.3, 0.4) is 0 Å². The van der Waals surface area contributed by atoms with Crippen LogP contribution in [0.2, 0.25) is 0 Å². The molecule has 1 N–H and O–H groups in total. The van der Waals surface area contributed by atoms with Gasteiger partial charge in [-0.05, 0) is 44.7 Å². The number of aryl methyl sites for hydroxylation is 1. The lowest BCUT2D eigenvalue weighted by Gasteiger charge is -2.33. The highest BCUT2D eigenvalue weighted by atomic mass is 32.2. The molecule has 1 aromatic carbocycles. The molecule has 6 nitrogen and oxygen atoms in total. The van der Waals surface area contributed by atoms with Gasteiger partial charge in [0.1, 0.15) is 0 Å². The van der Waals surface area contributed by atoms with Gasteiger partial charge in [0.25, 0.3) is 0 Å². The molecule has 1 atom stereocenters. The highest BCUT2D eigenvalue weighted by Crippen LogP contribution is 2.21. The van der Waals surface area contributed by atoms with Gasteiger partial charge < -0.3 is 10.2 Å². The molecule has 1 heterocycles. The van der Waals surface area contributed by atoms with Gasteiger partial charge in [0.2, 0.25) is 11.8 Å². The van der Waals surface area contributed by atoms with Crippen LogP contribution >= 0.6 is 0 Å². The molecule has 1 aliphatic heterocycles. The molecule has 0 bridgehead atoms. The number of piperidine rings is 1. The summed E-state index contributed by atoms with van der Waals surface area (Å²) in [6.07, 6.45) is 7.15. The maximum absolute atomic E-state index is 12.6. The zero-order chi connectivity index (χ0) is 20.9. The minimum atomic E-state index is -3.49. The average Bonchev–Trinajstić information content (AvgIpc) is 2.73. The van der Waals surface area contributed by atoms with E-state index < -0.39 is 9.84 Å². The van der Waals surface area contributed by atoms with Crippen LogP contribution in [0.1, 0.15) is 56.9 Å². The van der Waals surface area contributed by atoms with Gasteiger partial charge in [0.05, 0.1) is 16.6 Å². The highest BCUT2D eigenvalue weighted by molar-refractivity contribution is 7.91. The Labute approximate surface area is 174 Å². The lowest BCUT2D eigenvalue weighted by molar-refractivity contribution is -0.135. The predicted octanol–water partition coefficient (Wildman–Crippen LogP) is 2.85. The number of sulfone groups is 1. The molecule has 1 aromatic rings. The van der Waals surface area contributed by atoms with Gasteiger partial charge in [0.15, 0.2) is 9.84 Å². The van der Waals surface area contributed by atoms with Crippen LogP contribution in [-0.2, 0) is 19.4 Å². The molecule has 7 heteroatoms. The Morgan fingerprint density at radius 1 is 1.03 bits per heavy atom. The van der Waals surface area contributed by atoms with E-state index in [4.69, 9.17) is 0 Å². The van der Waals surface area contributed by atoms with Crippen molar-refractivity contribution in [2.75, 3.05) is 18.8 Å². The largest absolute Gasteiger partial charge is 0.353 e. The number of nitrogens with zero attached hydrogens (tertiary/aromatic N) is 1. The van der Waals surface area contributed by atoms with Crippen molar-refractivity contribution in [3.05, 3.63) is 29.8 Å². The minimum absolute atomic E-state index is 0.0432. The molecule has 0 spiro atoms. The normalized spacial score (nSPS) is 21.0. The number of carbonyl (C=O) groups excluding carboxylic acids is 2. The van der Waals surface area contributed by atoms with Gasteiger partial charge in [-0.1, -0.05) is 37.0 Å². The lowest BCUT2D eigenvalue weighted by atomic mass is 9.93. The molecule has 0 radical (unpaired) electrons. The van der Waals surface area contributed by atoms with Crippen molar-refractivity contribution in [1.82, 2.24) is 10.2 Å². The first-order chi connectivity index (χ1) is 13.8. The highest BCUT2D eigenvalue weighted by Gasteiger charge is 2.30. The van der Waals surface area contributed by atoms with E-state index >= 15 is 0 Å². The Bertz CT molecular complexity index is 814. The van der Waals surface area contributed by atoms with E-state index in [0.29, 0.717) is 13.1 Å². The van der Waals surface area contributed by atoms with Gasteiger partial charge in [0, 0.05) is 25.6 Å². The van der Waals surface area contributed by atoms with Gasteiger partial charge in [-0.15, -0.1) is 0 Å². The number of benzene rings is 1. The van der Waals surface area contributed by atoms with Crippen molar-refractivity contribution < 1.29 is 18.0 Å². The fourth-order valence-corrected chi connectivity index (χ4v) is 5.46. The number of hydrogen-bond acceptors (Lipinski definition) is 4.